The summed E-state index contributed by atoms with van der Waals surface area (Å²) in [5.41, 5.74) is 4.73. The smallest absolute Gasteiger partial charge is 0.280 e. The molecule has 1 atom stereocenters. The van der Waals surface area contributed by atoms with Gasteiger partial charge in [-0.3, -0.25) is 14.5 Å². The summed E-state index contributed by atoms with van der Waals surface area (Å²) in [6, 6.07) is 12.9. The minimum absolute atomic E-state index is 0.145. The number of rotatable bonds is 6. The second-order valence-electron chi connectivity index (χ2n) is 8.52. The van der Waals surface area contributed by atoms with E-state index in [9.17, 15) is 9.59 Å². The van der Waals surface area contributed by atoms with Gasteiger partial charge >= 0.3 is 0 Å². The first-order valence-electron chi connectivity index (χ1n) is 11.0. The monoisotopic (exact) mass is 448 g/mol. The predicted molar refractivity (Wildman–Crippen MR) is 127 cm³/mol. The third-order valence-corrected chi connectivity index (χ3v) is 6.50. The van der Waals surface area contributed by atoms with Crippen LogP contribution in [0.15, 0.2) is 47.8 Å². The average molecular weight is 449 g/mol. The Morgan fingerprint density at radius 2 is 1.72 bits per heavy atom. The molecule has 0 spiro atoms. The highest BCUT2D eigenvalue weighted by Crippen LogP contribution is 2.35. The summed E-state index contributed by atoms with van der Waals surface area (Å²) in [5.74, 6) is -0.497. The maximum Gasteiger partial charge on any atom is 0.280 e. The Balaban J connectivity index is 1.86. The van der Waals surface area contributed by atoms with Crippen LogP contribution < -0.4 is 10.2 Å². The maximum atomic E-state index is 13.8. The lowest BCUT2D eigenvalue weighted by Crippen LogP contribution is -2.47. The number of carbonyl (C=O) groups is 2. The summed E-state index contributed by atoms with van der Waals surface area (Å²) in [4.78, 5) is 29.2. The van der Waals surface area contributed by atoms with Gasteiger partial charge in [0, 0.05) is 11.4 Å². The first-order chi connectivity index (χ1) is 15.5. The number of carbonyl (C=O) groups excluding carboxylic acids is 2. The number of nitrogens with zero attached hydrogens (tertiary/aromatic N) is 3. The van der Waals surface area contributed by atoms with Gasteiger partial charge in [-0.25, -0.2) is 0 Å². The molecule has 1 unspecified atom stereocenters. The van der Waals surface area contributed by atoms with Crippen LogP contribution in [0.25, 0.3) is 0 Å². The molecule has 3 aromatic rings. The third-order valence-electron chi connectivity index (χ3n) is 6.00. The molecule has 1 fully saturated rings. The van der Waals surface area contributed by atoms with Crippen LogP contribution in [-0.2, 0) is 4.79 Å². The SMILES string of the molecule is Cc1cc(C)c(N(C(=O)c2csnn2)C(C(=O)NC2CCCC2)c2ccccc2)c(C)c1. The molecule has 1 saturated carbocycles. The van der Waals surface area contributed by atoms with Crippen LogP contribution in [0.4, 0.5) is 5.69 Å². The zero-order chi connectivity index (χ0) is 22.7. The molecule has 7 heteroatoms. The minimum atomic E-state index is -0.814. The van der Waals surface area contributed by atoms with Gasteiger partial charge < -0.3 is 5.32 Å². The number of hydrogen-bond donors (Lipinski definition) is 1. The average Bonchev–Trinajstić information content (AvgIpc) is 3.47. The fourth-order valence-corrected chi connectivity index (χ4v) is 5.11. The van der Waals surface area contributed by atoms with Crippen molar-refractivity contribution in [1.82, 2.24) is 14.9 Å². The molecule has 4 rings (SSSR count). The Labute approximate surface area is 192 Å². The molecule has 0 radical (unpaired) electrons. The van der Waals surface area contributed by atoms with Crippen molar-refractivity contribution in [3.8, 4) is 0 Å². The van der Waals surface area contributed by atoms with Gasteiger partial charge in [0.1, 0.15) is 6.04 Å². The number of aryl methyl sites for hydroxylation is 3. The van der Waals surface area contributed by atoms with Crippen molar-refractivity contribution in [1.29, 1.82) is 0 Å². The van der Waals surface area contributed by atoms with E-state index in [0.717, 1.165) is 65.2 Å². The van der Waals surface area contributed by atoms with Crippen molar-refractivity contribution in [3.05, 3.63) is 75.8 Å². The lowest BCUT2D eigenvalue weighted by Gasteiger charge is -2.34. The van der Waals surface area contributed by atoms with Gasteiger partial charge in [0.05, 0.1) is 5.69 Å². The van der Waals surface area contributed by atoms with Crippen molar-refractivity contribution >= 4 is 29.0 Å². The lowest BCUT2D eigenvalue weighted by molar-refractivity contribution is -0.123. The maximum absolute atomic E-state index is 13.8. The van der Waals surface area contributed by atoms with E-state index >= 15 is 0 Å². The summed E-state index contributed by atoms with van der Waals surface area (Å²) >= 11 is 1.12. The topological polar surface area (TPSA) is 75.2 Å². The Morgan fingerprint density at radius 1 is 1.06 bits per heavy atom. The number of aromatic nitrogens is 2. The molecule has 1 N–H and O–H groups in total. The summed E-state index contributed by atoms with van der Waals surface area (Å²) < 4.78 is 3.88. The molecule has 6 nitrogen and oxygen atoms in total. The summed E-state index contributed by atoms with van der Waals surface area (Å²) in [5, 5.41) is 8.87. The zero-order valence-corrected chi connectivity index (χ0v) is 19.5. The van der Waals surface area contributed by atoms with Crippen LogP contribution in [0.1, 0.15) is 64.5 Å². The predicted octanol–water partition coefficient (Wildman–Crippen LogP) is 4.91. The van der Waals surface area contributed by atoms with Crippen LogP contribution in [0.5, 0.6) is 0 Å². The van der Waals surface area contributed by atoms with Gasteiger partial charge in [-0.15, -0.1) is 5.10 Å². The van der Waals surface area contributed by atoms with Crippen LogP contribution in [0, 0.1) is 20.8 Å². The fraction of sp³-hybridized carbons (Fsp3) is 0.360. The number of nitrogens with one attached hydrogen (secondary N) is 1. The van der Waals surface area contributed by atoms with E-state index in [2.05, 4.69) is 14.9 Å². The molecule has 0 aliphatic heterocycles. The molecule has 32 heavy (non-hydrogen) atoms. The first kappa shape index (κ1) is 22.1. The second kappa shape index (κ2) is 9.61. The summed E-state index contributed by atoms with van der Waals surface area (Å²) in [6.45, 7) is 5.99. The molecule has 1 aliphatic carbocycles. The van der Waals surface area contributed by atoms with E-state index in [1.165, 1.54) is 0 Å². The molecule has 0 bridgehead atoms. The summed E-state index contributed by atoms with van der Waals surface area (Å²) in [7, 11) is 0. The molecule has 1 aromatic heterocycles. The van der Waals surface area contributed by atoms with Crippen LogP contribution in [-0.4, -0.2) is 27.4 Å². The molecule has 1 heterocycles. The molecule has 166 valence electrons. The Morgan fingerprint density at radius 3 is 2.31 bits per heavy atom. The standard InChI is InChI=1S/C25H28N4O2S/c1-16-13-17(2)22(18(3)14-16)29(25(31)21-15-32-28-27-21)23(19-9-5-4-6-10-19)24(30)26-20-11-7-8-12-20/h4-6,9-10,13-15,20,23H,7-8,11-12H2,1-3H3,(H,26,30). The van der Waals surface area contributed by atoms with Crippen LogP contribution >= 0.6 is 11.5 Å². The number of hydrogen-bond acceptors (Lipinski definition) is 5. The fourth-order valence-electron chi connectivity index (χ4n) is 4.68. The third kappa shape index (κ3) is 4.58. The van der Waals surface area contributed by atoms with Crippen LogP contribution in [0.3, 0.4) is 0 Å². The van der Waals surface area contributed by atoms with Crippen LogP contribution in [0.2, 0.25) is 0 Å². The first-order valence-corrected chi connectivity index (χ1v) is 11.8. The van der Waals surface area contributed by atoms with E-state index in [1.807, 2.05) is 63.2 Å². The van der Waals surface area contributed by atoms with E-state index in [-0.39, 0.29) is 23.6 Å². The van der Waals surface area contributed by atoms with Gasteiger partial charge in [0.25, 0.3) is 5.91 Å². The van der Waals surface area contributed by atoms with Crippen molar-refractivity contribution in [2.75, 3.05) is 4.90 Å². The van der Waals surface area contributed by atoms with Crippen molar-refractivity contribution in [2.45, 2.75) is 58.5 Å². The summed E-state index contributed by atoms with van der Waals surface area (Å²) in [6.07, 6.45) is 4.17. The Hall–Kier alpha value is -3.06. The van der Waals surface area contributed by atoms with Gasteiger partial charge in [-0.2, -0.15) is 0 Å². The highest BCUT2D eigenvalue weighted by atomic mass is 32.1. The van der Waals surface area contributed by atoms with Crippen molar-refractivity contribution in [3.63, 3.8) is 0 Å². The number of amides is 2. The van der Waals surface area contributed by atoms with E-state index in [4.69, 9.17) is 0 Å². The highest BCUT2D eigenvalue weighted by molar-refractivity contribution is 7.03. The van der Waals surface area contributed by atoms with Gasteiger partial charge in [0.2, 0.25) is 5.91 Å². The largest absolute Gasteiger partial charge is 0.351 e. The zero-order valence-electron chi connectivity index (χ0n) is 18.7. The molecule has 2 amide bonds. The van der Waals surface area contributed by atoms with Crippen molar-refractivity contribution < 1.29 is 9.59 Å². The number of anilines is 1. The molecular weight excluding hydrogens is 420 g/mol. The van der Waals surface area contributed by atoms with Gasteiger partial charge in [0.15, 0.2) is 5.69 Å². The lowest BCUT2D eigenvalue weighted by atomic mass is 9.98. The van der Waals surface area contributed by atoms with E-state index in [1.54, 1.807) is 10.3 Å². The van der Waals surface area contributed by atoms with Gasteiger partial charge in [-0.05, 0) is 61.8 Å². The minimum Gasteiger partial charge on any atom is -0.351 e. The van der Waals surface area contributed by atoms with E-state index < -0.39 is 6.04 Å². The Kier molecular flexibility index (Phi) is 6.65. The Bertz CT molecular complexity index is 1070. The van der Waals surface area contributed by atoms with E-state index in [0.29, 0.717) is 0 Å². The second-order valence-corrected chi connectivity index (χ2v) is 9.13. The molecule has 2 aromatic carbocycles. The molecule has 1 aliphatic rings. The molecular formula is C25H28N4O2S. The normalized spacial score (nSPS) is 14.8. The number of benzene rings is 2. The van der Waals surface area contributed by atoms with Gasteiger partial charge in [-0.1, -0.05) is 65.4 Å². The van der Waals surface area contributed by atoms with Crippen molar-refractivity contribution in [2.24, 2.45) is 0 Å². The quantitative estimate of drug-likeness (QED) is 0.581. The highest BCUT2D eigenvalue weighted by Gasteiger charge is 2.37. The molecule has 0 saturated heterocycles.